The van der Waals surface area contributed by atoms with Crippen molar-refractivity contribution in [2.45, 2.75) is 4.90 Å². The largest absolute Gasteiger partial charge is 0.454 e. The van der Waals surface area contributed by atoms with Gasteiger partial charge in [0.2, 0.25) is 6.79 Å². The highest BCUT2D eigenvalue weighted by atomic mass is 32.2. The van der Waals surface area contributed by atoms with E-state index >= 15 is 0 Å². The molecule has 9 nitrogen and oxygen atoms in total. The fourth-order valence-electron chi connectivity index (χ4n) is 2.69. The Morgan fingerprint density at radius 1 is 1.10 bits per heavy atom. The third kappa shape index (κ3) is 4.11. The van der Waals surface area contributed by atoms with E-state index in [9.17, 15) is 13.2 Å². The van der Waals surface area contributed by atoms with E-state index in [2.05, 4.69) is 15.5 Å². The van der Waals surface area contributed by atoms with Crippen LogP contribution in [0, 0.1) is 0 Å². The van der Waals surface area contributed by atoms with E-state index in [4.69, 9.17) is 13.9 Å². The van der Waals surface area contributed by atoms with Crippen LogP contribution in [0.15, 0.2) is 57.9 Å². The number of fused-ring (bicyclic) bond motifs is 1. The second-order valence-electron chi connectivity index (χ2n) is 6.12. The van der Waals surface area contributed by atoms with Crippen LogP contribution in [0.1, 0.15) is 5.56 Å². The predicted molar refractivity (Wildman–Crippen MR) is 103 cm³/mol. The summed E-state index contributed by atoms with van der Waals surface area (Å²) in [6.45, 7) is 0.172. The number of nitrogens with one attached hydrogen (secondary N) is 1. The van der Waals surface area contributed by atoms with Crippen LogP contribution in [0.2, 0.25) is 0 Å². The molecule has 0 atom stereocenters. The third-order valence-electron chi connectivity index (χ3n) is 4.00. The lowest BCUT2D eigenvalue weighted by Gasteiger charge is -2.03. The predicted octanol–water partition coefficient (Wildman–Crippen LogP) is 2.52. The van der Waals surface area contributed by atoms with Crippen LogP contribution in [0.3, 0.4) is 0 Å². The monoisotopic (exact) mass is 413 g/mol. The number of hydrogen-bond donors (Lipinski definition) is 1. The van der Waals surface area contributed by atoms with Gasteiger partial charge in [-0.3, -0.25) is 10.1 Å². The zero-order valence-electron chi connectivity index (χ0n) is 15.2. The minimum Gasteiger partial charge on any atom is -0.454 e. The molecule has 0 radical (unpaired) electrons. The van der Waals surface area contributed by atoms with Gasteiger partial charge < -0.3 is 13.9 Å². The molecule has 2 aromatic carbocycles. The third-order valence-corrected chi connectivity index (χ3v) is 5.15. The minimum absolute atomic E-state index is 0.0129. The highest BCUT2D eigenvalue weighted by molar-refractivity contribution is 7.90. The molecule has 1 amide bonds. The molecule has 10 heteroatoms. The van der Waals surface area contributed by atoms with Crippen LogP contribution in [-0.4, -0.2) is 37.6 Å². The zero-order chi connectivity index (χ0) is 20.4. The molecule has 0 aliphatic carbocycles. The lowest BCUT2D eigenvalue weighted by Crippen LogP contribution is -2.07. The number of aromatic nitrogens is 2. The molecule has 0 fully saturated rings. The fraction of sp³-hybridized carbons (Fsp3) is 0.105. The Hall–Kier alpha value is -3.66. The Kier molecular flexibility index (Phi) is 4.77. The van der Waals surface area contributed by atoms with Crippen molar-refractivity contribution in [2.75, 3.05) is 18.4 Å². The topological polar surface area (TPSA) is 121 Å². The Morgan fingerprint density at radius 2 is 1.90 bits per heavy atom. The van der Waals surface area contributed by atoms with Gasteiger partial charge in [0, 0.05) is 12.3 Å². The fourth-order valence-corrected chi connectivity index (χ4v) is 3.57. The van der Waals surface area contributed by atoms with Crippen molar-refractivity contribution in [3.63, 3.8) is 0 Å². The Balaban J connectivity index is 1.48. The smallest absolute Gasteiger partial charge is 0.322 e. The van der Waals surface area contributed by atoms with Crippen molar-refractivity contribution in [1.82, 2.24) is 10.2 Å². The van der Waals surface area contributed by atoms with E-state index in [1.54, 1.807) is 42.5 Å². The number of amides is 1. The highest BCUT2D eigenvalue weighted by Gasteiger charge is 2.19. The number of sulfone groups is 1. The molecule has 1 aliphatic rings. The Morgan fingerprint density at radius 3 is 2.72 bits per heavy atom. The summed E-state index contributed by atoms with van der Waals surface area (Å²) in [6.07, 6.45) is 3.98. The van der Waals surface area contributed by atoms with Crippen molar-refractivity contribution < 1.29 is 27.1 Å². The molecule has 4 rings (SSSR count). The molecule has 1 aromatic heterocycles. The maximum absolute atomic E-state index is 12.1. The van der Waals surface area contributed by atoms with Crippen molar-refractivity contribution in [2.24, 2.45) is 0 Å². The second kappa shape index (κ2) is 7.40. The van der Waals surface area contributed by atoms with E-state index in [1.807, 2.05) is 0 Å². The molecule has 0 spiro atoms. The molecule has 0 saturated heterocycles. The minimum atomic E-state index is -3.48. The summed E-state index contributed by atoms with van der Waals surface area (Å²) in [5.41, 5.74) is 1.01. The molecule has 0 bridgehead atoms. The molecule has 0 saturated carbocycles. The van der Waals surface area contributed by atoms with Crippen molar-refractivity contribution in [3.8, 4) is 23.0 Å². The van der Waals surface area contributed by atoms with Gasteiger partial charge >= 0.3 is 6.01 Å². The van der Waals surface area contributed by atoms with Gasteiger partial charge in [-0.1, -0.05) is 23.3 Å². The summed E-state index contributed by atoms with van der Waals surface area (Å²) in [7, 11) is -3.48. The van der Waals surface area contributed by atoms with Crippen LogP contribution in [0.25, 0.3) is 17.5 Å². The maximum Gasteiger partial charge on any atom is 0.322 e. The Bertz CT molecular complexity index is 1220. The van der Waals surface area contributed by atoms with Crippen LogP contribution in [-0.2, 0) is 14.6 Å². The molecule has 1 aliphatic heterocycles. The Labute approximate surface area is 165 Å². The van der Waals surface area contributed by atoms with Gasteiger partial charge in [-0.05, 0) is 35.9 Å². The summed E-state index contributed by atoms with van der Waals surface area (Å²) in [5, 5.41) is 10.0. The molecular formula is C19H15N3O6S. The van der Waals surface area contributed by atoms with Crippen LogP contribution in [0.5, 0.6) is 11.5 Å². The number of carbonyl (C=O) groups excluding carboxylic acids is 1. The number of benzene rings is 2. The molecule has 3 aromatic rings. The first-order chi connectivity index (χ1) is 13.9. The number of hydrogen-bond acceptors (Lipinski definition) is 8. The summed E-state index contributed by atoms with van der Waals surface area (Å²) >= 11 is 0. The normalized spacial score (nSPS) is 13.0. The summed E-state index contributed by atoms with van der Waals surface area (Å²) < 4.78 is 39.8. The van der Waals surface area contributed by atoms with Gasteiger partial charge in [-0.15, -0.1) is 5.10 Å². The zero-order valence-corrected chi connectivity index (χ0v) is 16.0. The van der Waals surface area contributed by atoms with Crippen molar-refractivity contribution in [1.29, 1.82) is 0 Å². The van der Waals surface area contributed by atoms with Crippen LogP contribution < -0.4 is 14.8 Å². The number of nitrogens with zero attached hydrogens (tertiary/aromatic N) is 2. The average Bonchev–Trinajstić information content (AvgIpc) is 3.34. The lowest BCUT2D eigenvalue weighted by atomic mass is 10.2. The van der Waals surface area contributed by atoms with E-state index < -0.39 is 15.7 Å². The second-order valence-corrected chi connectivity index (χ2v) is 8.10. The summed E-state index contributed by atoms with van der Waals surface area (Å²) in [4.78, 5) is 12.2. The molecule has 2 heterocycles. The first-order valence-electron chi connectivity index (χ1n) is 8.42. The quantitative estimate of drug-likeness (QED) is 0.634. The molecular weight excluding hydrogens is 398 g/mol. The van der Waals surface area contributed by atoms with Gasteiger partial charge in [0.05, 0.1) is 10.5 Å². The van der Waals surface area contributed by atoms with E-state index in [1.165, 1.54) is 12.1 Å². The number of rotatable bonds is 5. The average molecular weight is 413 g/mol. The molecule has 29 heavy (non-hydrogen) atoms. The standard InChI is InChI=1S/C19H15N3O6S/c1-29(24,25)16-5-3-2-4-13(16)18-21-22-19(28-18)20-17(23)9-7-12-6-8-14-15(10-12)27-11-26-14/h2-10H,11H2,1H3,(H,20,22,23). The highest BCUT2D eigenvalue weighted by Crippen LogP contribution is 2.32. The summed E-state index contributed by atoms with van der Waals surface area (Å²) in [6, 6.07) is 11.4. The van der Waals surface area contributed by atoms with Gasteiger partial charge in [0.15, 0.2) is 21.3 Å². The van der Waals surface area contributed by atoms with Crippen molar-refractivity contribution >= 4 is 27.8 Å². The van der Waals surface area contributed by atoms with E-state index in [0.717, 1.165) is 11.8 Å². The number of carbonyl (C=O) groups is 1. The SMILES string of the molecule is CS(=O)(=O)c1ccccc1-c1nnc(NC(=O)C=Cc2ccc3c(c2)OCO3)o1. The number of ether oxygens (including phenoxy) is 2. The molecule has 1 N–H and O–H groups in total. The van der Waals surface area contributed by atoms with Gasteiger partial charge in [-0.2, -0.15) is 0 Å². The lowest BCUT2D eigenvalue weighted by molar-refractivity contribution is -0.112. The van der Waals surface area contributed by atoms with Gasteiger partial charge in [-0.25, -0.2) is 8.42 Å². The van der Waals surface area contributed by atoms with Crippen LogP contribution in [0.4, 0.5) is 6.01 Å². The molecule has 0 unspecified atom stereocenters. The maximum atomic E-state index is 12.1. The summed E-state index contributed by atoms with van der Waals surface area (Å²) in [5.74, 6) is 0.758. The number of anilines is 1. The van der Waals surface area contributed by atoms with E-state index in [0.29, 0.717) is 11.5 Å². The van der Waals surface area contributed by atoms with E-state index in [-0.39, 0.29) is 29.2 Å². The van der Waals surface area contributed by atoms with Gasteiger partial charge in [0.25, 0.3) is 11.8 Å². The van der Waals surface area contributed by atoms with Crippen molar-refractivity contribution in [3.05, 3.63) is 54.1 Å². The molecule has 148 valence electrons. The first kappa shape index (κ1) is 18.7. The van der Waals surface area contributed by atoms with Gasteiger partial charge in [0.1, 0.15) is 0 Å². The van der Waals surface area contributed by atoms with Crippen LogP contribution >= 0.6 is 0 Å². The first-order valence-corrected chi connectivity index (χ1v) is 10.3.